The van der Waals surface area contributed by atoms with Gasteiger partial charge in [-0.15, -0.1) is 0 Å². The summed E-state index contributed by atoms with van der Waals surface area (Å²) in [5.41, 5.74) is 5.14. The van der Waals surface area contributed by atoms with E-state index in [9.17, 15) is 4.79 Å². The first kappa shape index (κ1) is 30.4. The van der Waals surface area contributed by atoms with Crippen LogP contribution >= 0.6 is 11.6 Å². The third-order valence-corrected chi connectivity index (χ3v) is 9.36. The summed E-state index contributed by atoms with van der Waals surface area (Å²) >= 11 is 6.28. The van der Waals surface area contributed by atoms with Gasteiger partial charge in [0.1, 0.15) is 0 Å². The minimum Gasteiger partial charge on any atom is -0.493 e. The second-order valence-electron chi connectivity index (χ2n) is 11.9. The molecular weight excluding hydrogens is 546 g/mol. The summed E-state index contributed by atoms with van der Waals surface area (Å²) in [6.07, 6.45) is 3.58. The van der Waals surface area contributed by atoms with E-state index in [1.54, 1.807) is 7.11 Å². The number of carbonyl (C=O) groups is 1. The van der Waals surface area contributed by atoms with Crippen LogP contribution in [0, 0.1) is 0 Å². The van der Waals surface area contributed by atoms with Gasteiger partial charge in [0.15, 0.2) is 11.5 Å². The first-order chi connectivity index (χ1) is 20.2. The highest BCUT2D eigenvalue weighted by atomic mass is 35.5. The lowest BCUT2D eigenvalue weighted by Crippen LogP contribution is -2.42. The maximum Gasteiger partial charge on any atom is 0.232 e. The molecule has 0 bridgehead atoms. The summed E-state index contributed by atoms with van der Waals surface area (Å²) in [6.45, 7) is 8.63. The number of carbonyl (C=O) groups excluding carboxylic acids is 1. The highest BCUT2D eigenvalue weighted by Crippen LogP contribution is 2.44. The number of nitrogens with zero attached hydrogens (tertiary/aromatic N) is 3. The van der Waals surface area contributed by atoms with Crippen LogP contribution in [0.4, 0.5) is 5.69 Å². The molecule has 224 valence electrons. The Morgan fingerprint density at radius 2 is 1.64 bits per heavy atom. The van der Waals surface area contributed by atoms with Gasteiger partial charge in [0.05, 0.1) is 25.7 Å². The summed E-state index contributed by atoms with van der Waals surface area (Å²) in [4.78, 5) is 20.7. The first-order valence-corrected chi connectivity index (χ1v) is 15.5. The maximum absolute atomic E-state index is 13.9. The maximum atomic E-state index is 13.9. The third kappa shape index (κ3) is 6.31. The minimum atomic E-state index is -0.322. The second-order valence-corrected chi connectivity index (χ2v) is 12.4. The van der Waals surface area contributed by atoms with Gasteiger partial charge in [0.2, 0.25) is 5.91 Å². The molecule has 0 aliphatic carbocycles. The number of fused-ring (bicyclic) bond motifs is 1. The van der Waals surface area contributed by atoms with Gasteiger partial charge in [-0.05, 0) is 106 Å². The molecular formula is C35H44ClN3O3. The highest BCUT2D eigenvalue weighted by molar-refractivity contribution is 6.30. The fourth-order valence-corrected chi connectivity index (χ4v) is 6.41. The molecule has 2 aliphatic heterocycles. The van der Waals surface area contributed by atoms with Gasteiger partial charge < -0.3 is 19.3 Å². The number of likely N-dealkylation sites (tertiary alicyclic amines) is 1. The van der Waals surface area contributed by atoms with Crippen LogP contribution in [-0.2, 0) is 11.2 Å². The molecule has 3 unspecified atom stereocenters. The van der Waals surface area contributed by atoms with E-state index in [2.05, 4.69) is 75.0 Å². The van der Waals surface area contributed by atoms with Crippen molar-refractivity contribution in [3.05, 3.63) is 87.9 Å². The van der Waals surface area contributed by atoms with Gasteiger partial charge >= 0.3 is 0 Å². The zero-order valence-electron chi connectivity index (χ0n) is 25.8. The van der Waals surface area contributed by atoms with E-state index in [4.69, 9.17) is 21.1 Å². The van der Waals surface area contributed by atoms with E-state index in [0.717, 1.165) is 41.9 Å². The van der Waals surface area contributed by atoms with E-state index >= 15 is 0 Å². The number of rotatable bonds is 9. The van der Waals surface area contributed by atoms with Crippen LogP contribution in [0.15, 0.2) is 60.7 Å². The number of anilines is 1. The van der Waals surface area contributed by atoms with Crippen molar-refractivity contribution in [3.8, 4) is 11.5 Å². The van der Waals surface area contributed by atoms with Crippen molar-refractivity contribution in [2.24, 2.45) is 0 Å². The predicted molar refractivity (Wildman–Crippen MR) is 171 cm³/mol. The van der Waals surface area contributed by atoms with E-state index in [1.807, 2.05) is 35.2 Å². The van der Waals surface area contributed by atoms with Crippen LogP contribution in [0.2, 0.25) is 5.02 Å². The van der Waals surface area contributed by atoms with Crippen molar-refractivity contribution in [1.29, 1.82) is 0 Å². The van der Waals surface area contributed by atoms with Gasteiger partial charge in [-0.2, -0.15) is 0 Å². The van der Waals surface area contributed by atoms with Crippen LogP contribution in [0.5, 0.6) is 11.5 Å². The molecule has 0 spiro atoms. The Morgan fingerprint density at radius 1 is 0.976 bits per heavy atom. The topological polar surface area (TPSA) is 45.3 Å². The molecule has 0 aromatic heterocycles. The molecule has 5 rings (SSSR count). The summed E-state index contributed by atoms with van der Waals surface area (Å²) < 4.78 is 12.0. The number of piperidine rings is 1. The van der Waals surface area contributed by atoms with Crippen LogP contribution in [0.3, 0.4) is 0 Å². The van der Waals surface area contributed by atoms with E-state index < -0.39 is 0 Å². The van der Waals surface area contributed by atoms with Crippen molar-refractivity contribution in [2.45, 2.75) is 70.7 Å². The Bertz CT molecular complexity index is 1370. The van der Waals surface area contributed by atoms with Crippen LogP contribution < -0.4 is 14.4 Å². The molecule has 0 radical (unpaired) electrons. The monoisotopic (exact) mass is 589 g/mol. The average molecular weight is 590 g/mol. The number of halogens is 1. The van der Waals surface area contributed by atoms with Crippen molar-refractivity contribution in [2.75, 3.05) is 39.2 Å². The average Bonchev–Trinajstić information content (AvgIpc) is 3.00. The number of methoxy groups -OCH3 is 1. The molecule has 3 atom stereocenters. The fourth-order valence-electron chi connectivity index (χ4n) is 6.29. The zero-order chi connectivity index (χ0) is 30.0. The standard InChI is InChI=1S/C35H44ClN3O3/c1-7-23(2)42-33-22-31-27(20-32(33)41-6)21-34(40)39(35(31)26-8-12-28(36)13-9-26)30-14-10-25(11-15-30)24(3)38-18-16-29(17-19-38)37(4)5/h8-15,20,22-24,29,35H,7,16-19,21H2,1-6H3. The minimum absolute atomic E-state index is 0.0375. The Balaban J connectivity index is 1.49. The molecule has 0 N–H and O–H groups in total. The molecule has 7 heteroatoms. The summed E-state index contributed by atoms with van der Waals surface area (Å²) in [7, 11) is 6.00. The van der Waals surface area contributed by atoms with Crippen LogP contribution in [0.1, 0.15) is 74.4 Å². The van der Waals surface area contributed by atoms with Gasteiger partial charge in [0, 0.05) is 35.9 Å². The Morgan fingerprint density at radius 3 is 2.24 bits per heavy atom. The van der Waals surface area contributed by atoms with E-state index in [1.165, 1.54) is 18.4 Å². The van der Waals surface area contributed by atoms with Crippen molar-refractivity contribution in [1.82, 2.24) is 9.80 Å². The largest absolute Gasteiger partial charge is 0.493 e. The summed E-state index contributed by atoms with van der Waals surface area (Å²) in [5.74, 6) is 1.39. The molecule has 6 nitrogen and oxygen atoms in total. The number of ether oxygens (including phenoxy) is 2. The van der Waals surface area contributed by atoms with Crippen molar-refractivity contribution in [3.63, 3.8) is 0 Å². The third-order valence-electron chi connectivity index (χ3n) is 9.11. The van der Waals surface area contributed by atoms with Crippen LogP contribution in [0.25, 0.3) is 0 Å². The van der Waals surface area contributed by atoms with Gasteiger partial charge in [-0.1, -0.05) is 42.8 Å². The lowest BCUT2D eigenvalue weighted by atomic mass is 9.86. The summed E-state index contributed by atoms with van der Waals surface area (Å²) in [5, 5.41) is 0.663. The lowest BCUT2D eigenvalue weighted by molar-refractivity contribution is -0.118. The molecule has 0 saturated carbocycles. The number of benzene rings is 3. The molecule has 3 aromatic carbocycles. The Kier molecular flexibility index (Phi) is 9.46. The lowest BCUT2D eigenvalue weighted by Gasteiger charge is -2.39. The predicted octanol–water partition coefficient (Wildman–Crippen LogP) is 7.29. The van der Waals surface area contributed by atoms with Crippen LogP contribution in [-0.4, -0.2) is 62.1 Å². The Hall–Kier alpha value is -3.06. The highest BCUT2D eigenvalue weighted by Gasteiger charge is 2.36. The number of hydrogen-bond donors (Lipinski definition) is 0. The Labute approximate surface area is 256 Å². The first-order valence-electron chi connectivity index (χ1n) is 15.2. The quantitative estimate of drug-likeness (QED) is 0.262. The molecule has 2 heterocycles. The molecule has 1 amide bonds. The molecule has 42 heavy (non-hydrogen) atoms. The van der Waals surface area contributed by atoms with Crippen molar-refractivity contribution >= 4 is 23.2 Å². The number of amides is 1. The van der Waals surface area contributed by atoms with E-state index in [-0.39, 0.29) is 18.1 Å². The van der Waals surface area contributed by atoms with E-state index in [0.29, 0.717) is 35.0 Å². The SMILES string of the molecule is CCC(C)Oc1cc2c(cc1OC)CC(=O)N(c1ccc(C(C)N3CCC(N(C)C)CC3)cc1)C2c1ccc(Cl)cc1. The molecule has 3 aromatic rings. The van der Waals surface area contributed by atoms with Crippen molar-refractivity contribution < 1.29 is 14.3 Å². The smallest absolute Gasteiger partial charge is 0.232 e. The normalized spacial score (nSPS) is 19.5. The number of hydrogen-bond acceptors (Lipinski definition) is 5. The molecule has 1 saturated heterocycles. The molecule has 2 aliphatic rings. The molecule has 1 fully saturated rings. The fraction of sp³-hybridized carbons (Fsp3) is 0.457. The van der Waals surface area contributed by atoms with Gasteiger partial charge in [0.25, 0.3) is 0 Å². The van der Waals surface area contributed by atoms with Gasteiger partial charge in [-0.25, -0.2) is 0 Å². The van der Waals surface area contributed by atoms with Gasteiger partial charge in [-0.3, -0.25) is 9.69 Å². The zero-order valence-corrected chi connectivity index (χ0v) is 26.5. The summed E-state index contributed by atoms with van der Waals surface area (Å²) in [6, 6.07) is 21.1. The second kappa shape index (κ2) is 13.1.